The number of nitrogens with one attached hydrogen (secondary N) is 1. The Balaban J connectivity index is 2.03. The van der Waals surface area contributed by atoms with Gasteiger partial charge in [-0.15, -0.1) is 0 Å². The molecule has 23 heavy (non-hydrogen) atoms. The first kappa shape index (κ1) is 16.7. The quantitative estimate of drug-likeness (QED) is 0.853. The summed E-state index contributed by atoms with van der Waals surface area (Å²) in [6.45, 7) is 2.97. The molecule has 0 saturated carbocycles. The number of rotatable bonds is 7. The number of hydrogen-bond donors (Lipinski definition) is 1. The maximum atomic E-state index is 12.3. The van der Waals surface area contributed by atoms with Gasteiger partial charge in [-0.05, 0) is 42.8 Å². The van der Waals surface area contributed by atoms with Crippen LogP contribution in [0, 0.1) is 0 Å². The molecular weight excluding hydrogens is 294 g/mol. The van der Waals surface area contributed by atoms with Crippen molar-refractivity contribution in [2.45, 2.75) is 13.5 Å². The third-order valence-corrected chi connectivity index (χ3v) is 3.31. The largest absolute Gasteiger partial charge is 0.494 e. The average molecular weight is 315 g/mol. The number of amides is 1. The van der Waals surface area contributed by atoms with Crippen molar-refractivity contribution in [1.29, 1.82) is 0 Å². The summed E-state index contributed by atoms with van der Waals surface area (Å²) in [7, 11) is 3.10. The molecule has 0 bridgehead atoms. The number of ether oxygens (including phenoxy) is 3. The van der Waals surface area contributed by atoms with E-state index in [1.165, 1.54) is 0 Å². The average Bonchev–Trinajstić information content (AvgIpc) is 2.59. The molecular formula is C18H21NO4. The van der Waals surface area contributed by atoms with Crippen LogP contribution < -0.4 is 19.5 Å². The maximum absolute atomic E-state index is 12.3. The molecule has 2 aromatic rings. The molecule has 0 aliphatic carbocycles. The standard InChI is InChI=1S/C18H21NO4/c1-4-23-15-7-5-6-13(10-15)12-19-18(20)14-8-9-16(21-2)17(11-14)22-3/h5-11H,4,12H2,1-3H3,(H,19,20). The van der Waals surface area contributed by atoms with Crippen LogP contribution in [0.2, 0.25) is 0 Å². The smallest absolute Gasteiger partial charge is 0.251 e. The van der Waals surface area contributed by atoms with Gasteiger partial charge in [-0.25, -0.2) is 0 Å². The lowest BCUT2D eigenvalue weighted by Gasteiger charge is -2.10. The second-order valence-electron chi connectivity index (χ2n) is 4.83. The molecule has 1 amide bonds. The van der Waals surface area contributed by atoms with Crippen molar-refractivity contribution in [3.8, 4) is 17.2 Å². The first-order valence-corrected chi connectivity index (χ1v) is 7.40. The van der Waals surface area contributed by atoms with E-state index in [9.17, 15) is 4.79 Å². The summed E-state index contributed by atoms with van der Waals surface area (Å²) in [6, 6.07) is 12.7. The fourth-order valence-corrected chi connectivity index (χ4v) is 2.17. The highest BCUT2D eigenvalue weighted by atomic mass is 16.5. The van der Waals surface area contributed by atoms with Crippen LogP contribution in [0.3, 0.4) is 0 Å². The highest BCUT2D eigenvalue weighted by molar-refractivity contribution is 5.94. The van der Waals surface area contributed by atoms with Gasteiger partial charge in [0.15, 0.2) is 11.5 Å². The second-order valence-corrected chi connectivity index (χ2v) is 4.83. The molecule has 0 saturated heterocycles. The van der Waals surface area contributed by atoms with Gasteiger partial charge in [0.05, 0.1) is 20.8 Å². The predicted molar refractivity (Wildman–Crippen MR) is 88.3 cm³/mol. The Morgan fingerprint density at radius 2 is 1.83 bits per heavy atom. The lowest BCUT2D eigenvalue weighted by Crippen LogP contribution is -2.22. The van der Waals surface area contributed by atoms with Crippen molar-refractivity contribution < 1.29 is 19.0 Å². The Bertz CT molecular complexity index is 670. The van der Waals surface area contributed by atoms with Gasteiger partial charge >= 0.3 is 0 Å². The van der Waals surface area contributed by atoms with Crippen molar-refractivity contribution in [2.24, 2.45) is 0 Å². The van der Waals surface area contributed by atoms with Gasteiger partial charge in [-0.3, -0.25) is 4.79 Å². The number of hydrogen-bond acceptors (Lipinski definition) is 4. The molecule has 0 aliphatic rings. The van der Waals surface area contributed by atoms with Crippen LogP contribution in [0.15, 0.2) is 42.5 Å². The monoisotopic (exact) mass is 315 g/mol. The Morgan fingerprint density at radius 3 is 2.52 bits per heavy atom. The van der Waals surface area contributed by atoms with E-state index in [2.05, 4.69) is 5.32 Å². The second kappa shape index (κ2) is 8.08. The molecule has 5 nitrogen and oxygen atoms in total. The SMILES string of the molecule is CCOc1cccc(CNC(=O)c2ccc(OC)c(OC)c2)c1. The summed E-state index contributed by atoms with van der Waals surface area (Å²) in [5.74, 6) is 1.74. The predicted octanol–water partition coefficient (Wildman–Crippen LogP) is 3.03. The zero-order chi connectivity index (χ0) is 16.7. The summed E-state index contributed by atoms with van der Waals surface area (Å²) >= 11 is 0. The fraction of sp³-hybridized carbons (Fsp3) is 0.278. The van der Waals surface area contributed by atoms with Gasteiger partial charge < -0.3 is 19.5 Å². The summed E-state index contributed by atoms with van der Waals surface area (Å²) in [5.41, 5.74) is 1.49. The van der Waals surface area contributed by atoms with E-state index in [0.29, 0.717) is 30.2 Å². The van der Waals surface area contributed by atoms with E-state index in [4.69, 9.17) is 14.2 Å². The molecule has 0 fully saturated rings. The zero-order valence-electron chi connectivity index (χ0n) is 13.6. The topological polar surface area (TPSA) is 56.8 Å². The van der Waals surface area contributed by atoms with Crippen LogP contribution in [-0.2, 0) is 6.54 Å². The Kier molecular flexibility index (Phi) is 5.86. The third-order valence-electron chi connectivity index (χ3n) is 3.31. The minimum absolute atomic E-state index is 0.173. The van der Waals surface area contributed by atoms with Gasteiger partial charge in [0.25, 0.3) is 5.91 Å². The summed E-state index contributed by atoms with van der Waals surface area (Å²) in [6.07, 6.45) is 0. The van der Waals surface area contributed by atoms with Gasteiger partial charge in [0.1, 0.15) is 5.75 Å². The maximum Gasteiger partial charge on any atom is 0.251 e. The molecule has 5 heteroatoms. The Labute approximate surface area is 136 Å². The van der Waals surface area contributed by atoms with Gasteiger partial charge in [0.2, 0.25) is 0 Å². The first-order chi connectivity index (χ1) is 11.2. The summed E-state index contributed by atoms with van der Waals surface area (Å²) < 4.78 is 15.8. The lowest BCUT2D eigenvalue weighted by atomic mass is 10.1. The molecule has 2 rings (SSSR count). The van der Waals surface area contributed by atoms with E-state index in [1.54, 1.807) is 32.4 Å². The van der Waals surface area contributed by atoms with E-state index in [-0.39, 0.29) is 5.91 Å². The summed E-state index contributed by atoms with van der Waals surface area (Å²) in [4.78, 5) is 12.3. The van der Waals surface area contributed by atoms with Crippen LogP contribution in [0.25, 0.3) is 0 Å². The molecule has 1 N–H and O–H groups in total. The van der Waals surface area contributed by atoms with Crippen LogP contribution in [0.1, 0.15) is 22.8 Å². The normalized spacial score (nSPS) is 10.0. The first-order valence-electron chi connectivity index (χ1n) is 7.40. The zero-order valence-corrected chi connectivity index (χ0v) is 13.6. The van der Waals surface area contributed by atoms with Crippen LogP contribution in [0.4, 0.5) is 0 Å². The van der Waals surface area contributed by atoms with Gasteiger partial charge in [-0.1, -0.05) is 12.1 Å². The number of carbonyl (C=O) groups is 1. The van der Waals surface area contributed by atoms with Crippen molar-refractivity contribution >= 4 is 5.91 Å². The van der Waals surface area contributed by atoms with Crippen LogP contribution in [0.5, 0.6) is 17.2 Å². The molecule has 0 heterocycles. The Morgan fingerprint density at radius 1 is 1.04 bits per heavy atom. The van der Waals surface area contributed by atoms with E-state index in [0.717, 1.165) is 11.3 Å². The highest BCUT2D eigenvalue weighted by Crippen LogP contribution is 2.27. The molecule has 0 aromatic heterocycles. The molecule has 122 valence electrons. The number of benzene rings is 2. The molecule has 0 radical (unpaired) electrons. The summed E-state index contributed by atoms with van der Waals surface area (Å²) in [5, 5.41) is 2.88. The highest BCUT2D eigenvalue weighted by Gasteiger charge is 2.10. The fourth-order valence-electron chi connectivity index (χ4n) is 2.17. The van der Waals surface area contributed by atoms with Crippen molar-refractivity contribution in [3.05, 3.63) is 53.6 Å². The Hall–Kier alpha value is -2.69. The van der Waals surface area contributed by atoms with E-state index >= 15 is 0 Å². The lowest BCUT2D eigenvalue weighted by molar-refractivity contribution is 0.0950. The van der Waals surface area contributed by atoms with Crippen molar-refractivity contribution in [1.82, 2.24) is 5.32 Å². The number of methoxy groups -OCH3 is 2. The minimum atomic E-state index is -0.173. The molecule has 0 atom stereocenters. The third kappa shape index (κ3) is 4.39. The minimum Gasteiger partial charge on any atom is -0.494 e. The van der Waals surface area contributed by atoms with Crippen molar-refractivity contribution in [3.63, 3.8) is 0 Å². The van der Waals surface area contributed by atoms with Crippen molar-refractivity contribution in [2.75, 3.05) is 20.8 Å². The molecule has 2 aromatic carbocycles. The van der Waals surface area contributed by atoms with E-state index < -0.39 is 0 Å². The number of carbonyl (C=O) groups excluding carboxylic acids is 1. The van der Waals surface area contributed by atoms with Gasteiger partial charge in [-0.2, -0.15) is 0 Å². The molecule has 0 aliphatic heterocycles. The van der Waals surface area contributed by atoms with Crippen LogP contribution >= 0.6 is 0 Å². The molecule has 0 spiro atoms. The van der Waals surface area contributed by atoms with Gasteiger partial charge in [0, 0.05) is 12.1 Å². The molecule has 0 unspecified atom stereocenters. The van der Waals surface area contributed by atoms with E-state index in [1.807, 2.05) is 31.2 Å². The van der Waals surface area contributed by atoms with Crippen LogP contribution in [-0.4, -0.2) is 26.7 Å².